The molecule has 0 saturated heterocycles. The molecule has 0 aliphatic rings. The molecule has 0 aliphatic carbocycles. The highest BCUT2D eigenvalue weighted by molar-refractivity contribution is 7.99. The number of H-pyrrole nitrogens is 1. The first-order valence-corrected chi connectivity index (χ1v) is 12.4. The minimum atomic E-state index is -4.57. The van der Waals surface area contributed by atoms with Crippen molar-refractivity contribution in [3.8, 4) is 0 Å². The van der Waals surface area contributed by atoms with Crippen molar-refractivity contribution >= 4 is 64.1 Å². The van der Waals surface area contributed by atoms with E-state index in [0.29, 0.717) is 10.8 Å². The Morgan fingerprint density at radius 2 is 1.81 bits per heavy atom. The minimum absolute atomic E-state index is 0.0298. The molecular formula is C22H19Cl3F3N5O2S. The Morgan fingerprint density at radius 1 is 1.08 bits per heavy atom. The quantitative estimate of drug-likeness (QED) is 0.259. The molecule has 1 heterocycles. The van der Waals surface area contributed by atoms with Gasteiger partial charge in [-0.15, -0.1) is 5.10 Å². The van der Waals surface area contributed by atoms with E-state index in [1.54, 1.807) is 6.07 Å². The predicted octanol–water partition coefficient (Wildman–Crippen LogP) is 6.64. The molecule has 7 nitrogen and oxygen atoms in total. The largest absolute Gasteiger partial charge is 0.416 e. The number of carbonyl (C=O) groups excluding carboxylic acids is 2. The van der Waals surface area contributed by atoms with Gasteiger partial charge in [-0.25, -0.2) is 4.98 Å². The van der Waals surface area contributed by atoms with E-state index in [2.05, 4.69) is 25.8 Å². The molecule has 0 saturated carbocycles. The number of benzene rings is 2. The van der Waals surface area contributed by atoms with Gasteiger partial charge in [-0.2, -0.15) is 13.2 Å². The lowest BCUT2D eigenvalue weighted by Crippen LogP contribution is -2.32. The van der Waals surface area contributed by atoms with Crippen LogP contribution in [0.15, 0.2) is 41.6 Å². The zero-order valence-electron chi connectivity index (χ0n) is 18.7. The Bertz CT molecular complexity index is 1270. The number of nitrogens with zero attached hydrogens (tertiary/aromatic N) is 2. The number of halogens is 6. The molecule has 1 atom stereocenters. The number of hydrogen-bond acceptors (Lipinski definition) is 5. The summed E-state index contributed by atoms with van der Waals surface area (Å²) in [6.07, 6.45) is -4.57. The zero-order valence-corrected chi connectivity index (χ0v) is 21.8. The van der Waals surface area contributed by atoms with Crippen molar-refractivity contribution in [3.05, 3.63) is 68.4 Å². The summed E-state index contributed by atoms with van der Waals surface area (Å²) in [4.78, 5) is 29.4. The highest BCUT2D eigenvalue weighted by Gasteiger charge is 2.31. The highest BCUT2D eigenvalue weighted by Crippen LogP contribution is 2.34. The van der Waals surface area contributed by atoms with E-state index in [9.17, 15) is 22.8 Å². The third kappa shape index (κ3) is 7.28. The van der Waals surface area contributed by atoms with Gasteiger partial charge in [0.15, 0.2) is 0 Å². The molecule has 1 aromatic heterocycles. The number of rotatable bonds is 8. The molecule has 3 N–H and O–H groups in total. The first-order chi connectivity index (χ1) is 16.8. The molecule has 192 valence electrons. The summed E-state index contributed by atoms with van der Waals surface area (Å²) in [5.74, 6) is -0.954. The van der Waals surface area contributed by atoms with Crippen LogP contribution >= 0.6 is 46.6 Å². The molecule has 0 aliphatic heterocycles. The summed E-state index contributed by atoms with van der Waals surface area (Å²) >= 11 is 18.9. The Morgan fingerprint density at radius 3 is 2.44 bits per heavy atom. The van der Waals surface area contributed by atoms with E-state index in [1.165, 1.54) is 12.1 Å². The van der Waals surface area contributed by atoms with Gasteiger partial charge in [-0.05, 0) is 42.3 Å². The predicted molar refractivity (Wildman–Crippen MR) is 134 cm³/mol. The average Bonchev–Trinajstić information content (AvgIpc) is 3.25. The lowest BCUT2D eigenvalue weighted by atomic mass is 10.0. The minimum Gasteiger partial charge on any atom is -0.342 e. The Labute approximate surface area is 223 Å². The molecule has 0 fully saturated rings. The fourth-order valence-electron chi connectivity index (χ4n) is 3.02. The van der Waals surface area contributed by atoms with Crippen LogP contribution in [0.4, 0.5) is 18.9 Å². The number of amides is 2. The van der Waals surface area contributed by atoms with E-state index in [0.717, 1.165) is 30.0 Å². The maximum atomic E-state index is 12.9. The van der Waals surface area contributed by atoms with Gasteiger partial charge in [0.2, 0.25) is 11.1 Å². The number of alkyl halides is 3. The number of anilines is 1. The number of carbonyl (C=O) groups is 2. The zero-order chi connectivity index (χ0) is 26.6. The number of nitrogens with one attached hydrogen (secondary N) is 3. The third-order valence-corrected chi connectivity index (χ3v) is 6.53. The molecule has 2 aromatic carbocycles. The molecule has 3 aromatic rings. The monoisotopic (exact) mass is 579 g/mol. The third-order valence-electron chi connectivity index (χ3n) is 4.81. The van der Waals surface area contributed by atoms with Crippen molar-refractivity contribution in [1.29, 1.82) is 0 Å². The van der Waals surface area contributed by atoms with Crippen molar-refractivity contribution in [2.75, 3.05) is 11.1 Å². The Balaban J connectivity index is 1.64. The number of aromatic amines is 1. The normalized spacial score (nSPS) is 12.5. The fraction of sp³-hybridized carbons (Fsp3) is 0.273. The highest BCUT2D eigenvalue weighted by atomic mass is 35.5. The van der Waals surface area contributed by atoms with Crippen LogP contribution in [0.1, 0.15) is 41.6 Å². The van der Waals surface area contributed by atoms with Gasteiger partial charge >= 0.3 is 6.18 Å². The van der Waals surface area contributed by atoms with Crippen LogP contribution in [0, 0.1) is 5.92 Å². The summed E-state index contributed by atoms with van der Waals surface area (Å²) in [5.41, 5.74) is -0.850. The van der Waals surface area contributed by atoms with Crippen molar-refractivity contribution in [3.63, 3.8) is 0 Å². The fourth-order valence-corrected chi connectivity index (χ4v) is 4.28. The van der Waals surface area contributed by atoms with Crippen LogP contribution in [-0.2, 0) is 11.0 Å². The standard InChI is InChI=1S/C22H19Cl3F3N5O2S/c1-10(2)18(30-20(35)13-5-4-12(23)8-15(13)25)19-31-21(33-32-19)36-9-17(34)29-16-7-11(22(26,27)28)3-6-14(16)24/h3-8,10,18H,9H2,1-2H3,(H,29,34)(H,30,35)(H,31,32,33)/t18-/m1/s1. The van der Waals surface area contributed by atoms with Crippen LogP contribution in [0.5, 0.6) is 0 Å². The number of hydrogen-bond donors (Lipinski definition) is 3. The van der Waals surface area contributed by atoms with Crippen LogP contribution in [-0.4, -0.2) is 32.7 Å². The average molecular weight is 581 g/mol. The molecule has 0 radical (unpaired) electrons. The molecular weight excluding hydrogens is 562 g/mol. The van der Waals surface area contributed by atoms with Gasteiger partial charge in [0.25, 0.3) is 5.91 Å². The maximum Gasteiger partial charge on any atom is 0.416 e. The first-order valence-electron chi connectivity index (χ1n) is 10.3. The molecule has 3 rings (SSSR count). The number of thioether (sulfide) groups is 1. The van der Waals surface area contributed by atoms with E-state index in [-0.39, 0.29) is 38.1 Å². The topological polar surface area (TPSA) is 99.8 Å². The van der Waals surface area contributed by atoms with Crippen LogP contribution in [0.2, 0.25) is 15.1 Å². The van der Waals surface area contributed by atoms with Gasteiger partial charge in [0, 0.05) is 5.02 Å². The molecule has 0 bridgehead atoms. The first kappa shape index (κ1) is 28.1. The van der Waals surface area contributed by atoms with Crippen molar-refractivity contribution in [2.24, 2.45) is 5.92 Å². The van der Waals surface area contributed by atoms with Gasteiger partial charge in [-0.3, -0.25) is 14.7 Å². The summed E-state index contributed by atoms with van der Waals surface area (Å²) in [6, 6.07) is 6.62. The van der Waals surface area contributed by atoms with E-state index in [4.69, 9.17) is 34.8 Å². The lowest BCUT2D eigenvalue weighted by Gasteiger charge is -2.20. The van der Waals surface area contributed by atoms with E-state index >= 15 is 0 Å². The van der Waals surface area contributed by atoms with Gasteiger partial charge in [-0.1, -0.05) is 60.4 Å². The van der Waals surface area contributed by atoms with Crippen molar-refractivity contribution in [2.45, 2.75) is 31.2 Å². The summed E-state index contributed by atoms with van der Waals surface area (Å²) in [6.45, 7) is 3.74. The van der Waals surface area contributed by atoms with Crippen molar-refractivity contribution < 1.29 is 22.8 Å². The summed E-state index contributed by atoms with van der Waals surface area (Å²) in [7, 11) is 0. The summed E-state index contributed by atoms with van der Waals surface area (Å²) in [5, 5.41) is 12.8. The van der Waals surface area contributed by atoms with Gasteiger partial charge in [0.05, 0.1) is 38.7 Å². The lowest BCUT2D eigenvalue weighted by molar-refractivity contribution is -0.137. The molecule has 14 heteroatoms. The van der Waals surface area contributed by atoms with Crippen LogP contribution in [0.25, 0.3) is 0 Å². The second kappa shape index (κ2) is 11.7. The molecule has 0 spiro atoms. The van der Waals surface area contributed by atoms with E-state index in [1.807, 2.05) is 13.8 Å². The molecule has 36 heavy (non-hydrogen) atoms. The van der Waals surface area contributed by atoms with Crippen molar-refractivity contribution in [1.82, 2.24) is 20.5 Å². The number of aromatic nitrogens is 3. The smallest absolute Gasteiger partial charge is 0.342 e. The van der Waals surface area contributed by atoms with Gasteiger partial charge in [0.1, 0.15) is 5.82 Å². The SMILES string of the molecule is CC(C)[C@@H](NC(=O)c1ccc(Cl)cc1Cl)c1nc(SCC(=O)Nc2cc(C(F)(F)F)ccc2Cl)n[nH]1. The van der Waals surface area contributed by atoms with Crippen LogP contribution < -0.4 is 10.6 Å². The summed E-state index contributed by atoms with van der Waals surface area (Å²) < 4.78 is 38.8. The van der Waals surface area contributed by atoms with Gasteiger partial charge < -0.3 is 10.6 Å². The van der Waals surface area contributed by atoms with E-state index < -0.39 is 29.6 Å². The molecule has 0 unspecified atom stereocenters. The van der Waals surface area contributed by atoms with Crippen LogP contribution in [0.3, 0.4) is 0 Å². The Hall–Kier alpha value is -2.47. The molecule has 2 amide bonds. The maximum absolute atomic E-state index is 12.9. The second-order valence-corrected chi connectivity index (χ2v) is 10.0. The Kier molecular flexibility index (Phi) is 9.15. The second-order valence-electron chi connectivity index (χ2n) is 7.85.